The molecule has 0 bridgehead atoms. The standard InChI is InChI=1S/C8H15NO4/c1-5(6(10)11)9-7(12)13-8(2,3)4/h5H,1-4H3,(H,9,12)(H,10,11)/i1D3. The number of alkyl carbamates (subject to hydrolysis) is 1. The first-order valence-corrected chi connectivity index (χ1v) is 3.66. The van der Waals surface area contributed by atoms with Gasteiger partial charge < -0.3 is 15.2 Å². The second-order valence-electron chi connectivity index (χ2n) is 3.42. The fraction of sp³-hybridized carbons (Fsp3) is 0.750. The number of carboxylic acid groups (broad SMARTS) is 1. The molecule has 0 rings (SSSR count). The van der Waals surface area contributed by atoms with E-state index in [0.29, 0.717) is 0 Å². The Balaban J connectivity index is 4.56. The molecule has 0 aromatic carbocycles. The van der Waals surface area contributed by atoms with E-state index in [0.717, 1.165) is 0 Å². The van der Waals surface area contributed by atoms with E-state index in [1.54, 1.807) is 26.1 Å². The van der Waals surface area contributed by atoms with Gasteiger partial charge in [0, 0.05) is 4.11 Å². The smallest absolute Gasteiger partial charge is 0.408 e. The van der Waals surface area contributed by atoms with Crippen LogP contribution in [0.2, 0.25) is 0 Å². The van der Waals surface area contributed by atoms with E-state index >= 15 is 0 Å². The number of aliphatic carboxylic acids is 1. The lowest BCUT2D eigenvalue weighted by molar-refractivity contribution is -0.139. The minimum Gasteiger partial charge on any atom is -0.480 e. The first kappa shape index (κ1) is 7.17. The third-order valence-electron chi connectivity index (χ3n) is 0.908. The van der Waals surface area contributed by atoms with Crippen molar-refractivity contribution < 1.29 is 23.5 Å². The minimum atomic E-state index is -2.82. The summed E-state index contributed by atoms with van der Waals surface area (Å²) in [5, 5.41) is 10.4. The maximum Gasteiger partial charge on any atom is 0.408 e. The van der Waals surface area contributed by atoms with Crippen molar-refractivity contribution in [1.82, 2.24) is 5.32 Å². The van der Waals surface area contributed by atoms with Gasteiger partial charge >= 0.3 is 12.1 Å². The highest BCUT2D eigenvalue weighted by Crippen LogP contribution is 2.06. The Hall–Kier alpha value is -1.26. The van der Waals surface area contributed by atoms with E-state index in [1.165, 1.54) is 0 Å². The van der Waals surface area contributed by atoms with Gasteiger partial charge in [0.2, 0.25) is 0 Å². The molecule has 76 valence electrons. The molecule has 2 N–H and O–H groups in total. The zero-order valence-corrected chi connectivity index (χ0v) is 7.75. The molecule has 0 radical (unpaired) electrons. The quantitative estimate of drug-likeness (QED) is 0.684. The van der Waals surface area contributed by atoms with Gasteiger partial charge in [0.1, 0.15) is 11.6 Å². The molecule has 13 heavy (non-hydrogen) atoms. The molecule has 5 heteroatoms. The number of carboxylic acids is 1. The van der Waals surface area contributed by atoms with Crippen LogP contribution in [0.25, 0.3) is 0 Å². The SMILES string of the molecule is [2H]C([2H])([2H])C(NC(=O)OC(C)(C)C)C(=O)O. The van der Waals surface area contributed by atoms with Crippen molar-refractivity contribution in [3.05, 3.63) is 0 Å². The summed E-state index contributed by atoms with van der Waals surface area (Å²) < 4.78 is 25.5. The fourth-order valence-electron chi connectivity index (χ4n) is 0.487. The van der Waals surface area contributed by atoms with E-state index in [2.05, 4.69) is 0 Å². The molecular weight excluding hydrogens is 174 g/mol. The van der Waals surface area contributed by atoms with Crippen molar-refractivity contribution in [3.63, 3.8) is 0 Å². The predicted molar refractivity (Wildman–Crippen MR) is 46.5 cm³/mol. The summed E-state index contributed by atoms with van der Waals surface area (Å²) in [5.74, 6) is -1.63. The monoisotopic (exact) mass is 192 g/mol. The van der Waals surface area contributed by atoms with Gasteiger partial charge in [-0.15, -0.1) is 0 Å². The van der Waals surface area contributed by atoms with Gasteiger partial charge in [-0.1, -0.05) is 0 Å². The second kappa shape index (κ2) is 4.11. The van der Waals surface area contributed by atoms with E-state index in [4.69, 9.17) is 14.0 Å². The second-order valence-corrected chi connectivity index (χ2v) is 3.42. The molecule has 0 aliphatic carbocycles. The van der Waals surface area contributed by atoms with Crippen molar-refractivity contribution >= 4 is 12.1 Å². The molecule has 0 aromatic heterocycles. The first-order valence-electron chi connectivity index (χ1n) is 5.16. The average Bonchev–Trinajstić information content (AvgIpc) is 1.93. The van der Waals surface area contributed by atoms with Gasteiger partial charge in [0.25, 0.3) is 0 Å². The van der Waals surface area contributed by atoms with E-state index in [9.17, 15) is 9.59 Å². The molecule has 0 heterocycles. The number of hydrogen-bond acceptors (Lipinski definition) is 3. The molecule has 0 fully saturated rings. The maximum absolute atomic E-state index is 11.2. The normalized spacial score (nSPS) is 17.6. The van der Waals surface area contributed by atoms with Crippen LogP contribution in [0.4, 0.5) is 4.79 Å². The van der Waals surface area contributed by atoms with Crippen molar-refractivity contribution in [2.75, 3.05) is 0 Å². The summed E-state index contributed by atoms with van der Waals surface area (Å²) in [6, 6.07) is -1.97. The summed E-state index contributed by atoms with van der Waals surface area (Å²) in [5.41, 5.74) is -0.818. The maximum atomic E-state index is 11.2. The number of carbonyl (C=O) groups is 2. The molecule has 0 saturated carbocycles. The molecule has 1 unspecified atom stereocenters. The fourth-order valence-corrected chi connectivity index (χ4v) is 0.487. The molecule has 1 amide bonds. The first-order chi connectivity index (χ1) is 6.93. The van der Waals surface area contributed by atoms with Crippen LogP contribution in [0.1, 0.15) is 31.7 Å². The average molecular weight is 192 g/mol. The van der Waals surface area contributed by atoms with Crippen LogP contribution in [0, 0.1) is 0 Å². The van der Waals surface area contributed by atoms with Gasteiger partial charge in [-0.05, 0) is 27.6 Å². The number of rotatable bonds is 2. The summed E-state index contributed by atoms with van der Waals surface area (Å²) in [4.78, 5) is 21.8. The van der Waals surface area contributed by atoms with Crippen LogP contribution >= 0.6 is 0 Å². The van der Waals surface area contributed by atoms with E-state index in [-0.39, 0.29) is 0 Å². The topological polar surface area (TPSA) is 75.6 Å². The van der Waals surface area contributed by atoms with E-state index in [1.807, 2.05) is 0 Å². The Labute approximate surface area is 81.3 Å². The molecule has 0 aromatic rings. The number of ether oxygens (including phenoxy) is 1. The van der Waals surface area contributed by atoms with Gasteiger partial charge in [-0.3, -0.25) is 4.79 Å². The third-order valence-corrected chi connectivity index (χ3v) is 0.908. The summed E-state index contributed by atoms with van der Waals surface area (Å²) >= 11 is 0. The van der Waals surface area contributed by atoms with Crippen LogP contribution in [-0.2, 0) is 9.53 Å². The summed E-state index contributed by atoms with van der Waals surface area (Å²) in [6.45, 7) is 1.93. The largest absolute Gasteiger partial charge is 0.480 e. The van der Waals surface area contributed by atoms with Crippen molar-refractivity contribution in [3.8, 4) is 0 Å². The summed E-state index contributed by atoms with van der Waals surface area (Å²) in [6.07, 6.45) is -1.07. The molecule has 0 aliphatic rings. The number of amides is 1. The van der Waals surface area contributed by atoms with Crippen molar-refractivity contribution in [2.24, 2.45) is 0 Å². The minimum absolute atomic E-state index is 0.818. The van der Waals surface area contributed by atoms with Crippen molar-refractivity contribution in [1.29, 1.82) is 0 Å². The van der Waals surface area contributed by atoms with Crippen molar-refractivity contribution in [2.45, 2.75) is 39.3 Å². The van der Waals surface area contributed by atoms with Gasteiger partial charge in [-0.2, -0.15) is 0 Å². The highest BCUT2D eigenvalue weighted by atomic mass is 16.6. The lowest BCUT2D eigenvalue weighted by Gasteiger charge is -2.20. The van der Waals surface area contributed by atoms with Crippen LogP contribution < -0.4 is 5.32 Å². The molecule has 0 aliphatic heterocycles. The Morgan fingerprint density at radius 3 is 2.38 bits per heavy atom. The predicted octanol–water partition coefficient (Wildman–Crippen LogP) is 0.984. The van der Waals surface area contributed by atoms with E-state index < -0.39 is 30.6 Å². The highest BCUT2D eigenvalue weighted by Gasteiger charge is 2.20. The highest BCUT2D eigenvalue weighted by molar-refractivity contribution is 5.79. The zero-order chi connectivity index (χ0) is 13.1. The Kier molecular flexibility index (Phi) is 2.27. The number of nitrogens with one attached hydrogen (secondary N) is 1. The van der Waals surface area contributed by atoms with Gasteiger partial charge in [-0.25, -0.2) is 4.79 Å². The zero-order valence-electron chi connectivity index (χ0n) is 10.7. The molecule has 5 nitrogen and oxygen atoms in total. The Bertz CT molecular complexity index is 282. The van der Waals surface area contributed by atoms with Gasteiger partial charge in [0.15, 0.2) is 0 Å². The molecule has 0 saturated heterocycles. The number of hydrogen-bond donors (Lipinski definition) is 2. The molecule has 1 atom stereocenters. The van der Waals surface area contributed by atoms with Crippen LogP contribution in [0.15, 0.2) is 0 Å². The molecular formula is C8H15NO4. The Morgan fingerprint density at radius 2 is 2.08 bits per heavy atom. The Morgan fingerprint density at radius 1 is 1.54 bits per heavy atom. The lowest BCUT2D eigenvalue weighted by atomic mass is 10.2. The van der Waals surface area contributed by atoms with Crippen LogP contribution in [0.3, 0.4) is 0 Å². The summed E-state index contributed by atoms with van der Waals surface area (Å²) in [7, 11) is 0. The van der Waals surface area contributed by atoms with Gasteiger partial charge in [0.05, 0.1) is 0 Å². The number of carbonyl (C=O) groups excluding carboxylic acids is 1. The van der Waals surface area contributed by atoms with Crippen LogP contribution in [-0.4, -0.2) is 28.8 Å². The third kappa shape index (κ3) is 5.95. The molecule has 0 spiro atoms. The lowest BCUT2D eigenvalue weighted by Crippen LogP contribution is -2.41. The van der Waals surface area contributed by atoms with Crippen LogP contribution in [0.5, 0.6) is 0 Å².